The summed E-state index contributed by atoms with van der Waals surface area (Å²) < 4.78 is 26.8. The zero-order valence-electron chi connectivity index (χ0n) is 12.6. The lowest BCUT2D eigenvalue weighted by Gasteiger charge is -2.13. The van der Waals surface area contributed by atoms with Crippen LogP contribution in [0.25, 0.3) is 0 Å². The molecule has 4 nitrogen and oxygen atoms in total. The average Bonchev–Trinajstić information content (AvgIpc) is 2.44. The highest BCUT2D eigenvalue weighted by molar-refractivity contribution is 7.89. The first-order valence-electron chi connectivity index (χ1n) is 7.34. The number of benzene rings is 1. The summed E-state index contributed by atoms with van der Waals surface area (Å²) in [5, 5.41) is 3.30. The standard InChI is InChI=1S/C15H26N2O2S/c1-4-6-7-12-17-20(18,19)15-10-8-14(9-11-15)13(3)16-5-2/h8-11,13,16-17H,4-7,12H2,1-3H3. The highest BCUT2D eigenvalue weighted by Gasteiger charge is 2.13. The molecule has 0 bridgehead atoms. The molecule has 0 fully saturated rings. The van der Waals surface area contributed by atoms with Crippen molar-refractivity contribution in [2.24, 2.45) is 0 Å². The molecule has 1 aromatic rings. The first-order valence-corrected chi connectivity index (χ1v) is 8.82. The van der Waals surface area contributed by atoms with Gasteiger partial charge in [0.25, 0.3) is 0 Å². The molecule has 0 radical (unpaired) electrons. The van der Waals surface area contributed by atoms with Gasteiger partial charge in [-0.25, -0.2) is 13.1 Å². The van der Waals surface area contributed by atoms with Gasteiger partial charge in [0.1, 0.15) is 0 Å². The van der Waals surface area contributed by atoms with Crippen LogP contribution in [0.3, 0.4) is 0 Å². The van der Waals surface area contributed by atoms with Gasteiger partial charge in [-0.1, -0.05) is 38.8 Å². The van der Waals surface area contributed by atoms with Crippen LogP contribution in [-0.2, 0) is 10.0 Å². The van der Waals surface area contributed by atoms with Gasteiger partial charge in [0.15, 0.2) is 0 Å². The maximum atomic E-state index is 12.1. The molecule has 20 heavy (non-hydrogen) atoms. The number of hydrogen-bond donors (Lipinski definition) is 2. The second-order valence-corrected chi connectivity index (χ2v) is 6.72. The fourth-order valence-corrected chi connectivity index (χ4v) is 3.10. The third kappa shape index (κ3) is 5.23. The van der Waals surface area contributed by atoms with E-state index < -0.39 is 10.0 Å². The third-order valence-electron chi connectivity index (χ3n) is 3.27. The van der Waals surface area contributed by atoms with Crippen molar-refractivity contribution in [2.75, 3.05) is 13.1 Å². The monoisotopic (exact) mass is 298 g/mol. The summed E-state index contributed by atoms with van der Waals surface area (Å²) >= 11 is 0. The highest BCUT2D eigenvalue weighted by Crippen LogP contribution is 2.16. The molecule has 0 saturated carbocycles. The van der Waals surface area contributed by atoms with Crippen molar-refractivity contribution in [1.82, 2.24) is 10.0 Å². The molecule has 114 valence electrons. The second kappa shape index (κ2) is 8.39. The van der Waals surface area contributed by atoms with E-state index in [1.54, 1.807) is 12.1 Å². The molecule has 5 heteroatoms. The summed E-state index contributed by atoms with van der Waals surface area (Å²) in [7, 11) is -3.37. The van der Waals surface area contributed by atoms with E-state index in [2.05, 4.69) is 30.8 Å². The van der Waals surface area contributed by atoms with E-state index in [9.17, 15) is 8.42 Å². The van der Waals surface area contributed by atoms with Crippen LogP contribution in [0.15, 0.2) is 29.2 Å². The number of hydrogen-bond acceptors (Lipinski definition) is 3. The molecule has 1 unspecified atom stereocenters. The van der Waals surface area contributed by atoms with Crippen molar-refractivity contribution in [1.29, 1.82) is 0 Å². The van der Waals surface area contributed by atoms with Gasteiger partial charge < -0.3 is 5.32 Å². The first kappa shape index (κ1) is 17.1. The van der Waals surface area contributed by atoms with Gasteiger partial charge in [0.2, 0.25) is 10.0 Å². The Morgan fingerprint density at radius 3 is 2.30 bits per heavy atom. The molecule has 0 spiro atoms. The highest BCUT2D eigenvalue weighted by atomic mass is 32.2. The van der Waals surface area contributed by atoms with Gasteiger partial charge in [-0.05, 0) is 37.6 Å². The smallest absolute Gasteiger partial charge is 0.240 e. The van der Waals surface area contributed by atoms with Gasteiger partial charge in [-0.2, -0.15) is 0 Å². The summed E-state index contributed by atoms with van der Waals surface area (Å²) in [5.74, 6) is 0. The molecule has 0 saturated heterocycles. The molecule has 1 aromatic carbocycles. The van der Waals surface area contributed by atoms with Crippen LogP contribution in [0.1, 0.15) is 51.6 Å². The Bertz CT molecular complexity index is 483. The van der Waals surface area contributed by atoms with Crippen molar-refractivity contribution in [2.45, 2.75) is 51.0 Å². The molecule has 1 rings (SSSR count). The summed E-state index contributed by atoms with van der Waals surface area (Å²) in [4.78, 5) is 0.335. The van der Waals surface area contributed by atoms with E-state index in [0.29, 0.717) is 11.4 Å². The summed E-state index contributed by atoms with van der Waals surface area (Å²) in [6.07, 6.45) is 3.01. The number of unbranched alkanes of at least 4 members (excludes halogenated alkanes) is 2. The van der Waals surface area contributed by atoms with E-state index >= 15 is 0 Å². The first-order chi connectivity index (χ1) is 9.51. The molecule has 1 atom stereocenters. The van der Waals surface area contributed by atoms with Crippen molar-refractivity contribution < 1.29 is 8.42 Å². The fraction of sp³-hybridized carbons (Fsp3) is 0.600. The number of rotatable bonds is 9. The Kier molecular flexibility index (Phi) is 7.19. The Morgan fingerprint density at radius 2 is 1.75 bits per heavy atom. The molecular weight excluding hydrogens is 272 g/mol. The maximum absolute atomic E-state index is 12.1. The Balaban J connectivity index is 2.67. The molecular formula is C15H26N2O2S. The second-order valence-electron chi connectivity index (χ2n) is 4.95. The predicted octanol–water partition coefficient (Wildman–Crippen LogP) is 2.83. The Hall–Kier alpha value is -0.910. The minimum Gasteiger partial charge on any atom is -0.310 e. The van der Waals surface area contributed by atoms with Crippen LogP contribution in [0.2, 0.25) is 0 Å². The zero-order chi connectivity index (χ0) is 15.0. The van der Waals surface area contributed by atoms with Gasteiger partial charge in [0, 0.05) is 12.6 Å². The lowest BCUT2D eigenvalue weighted by Crippen LogP contribution is -2.25. The molecule has 0 aromatic heterocycles. The van der Waals surface area contributed by atoms with Gasteiger partial charge in [-0.15, -0.1) is 0 Å². The van der Waals surface area contributed by atoms with E-state index in [1.165, 1.54) is 0 Å². The van der Waals surface area contributed by atoms with Crippen LogP contribution < -0.4 is 10.0 Å². The Morgan fingerprint density at radius 1 is 1.10 bits per heavy atom. The summed E-state index contributed by atoms with van der Waals surface area (Å²) in [5.41, 5.74) is 1.09. The van der Waals surface area contributed by atoms with Gasteiger partial charge in [0.05, 0.1) is 4.90 Å². The molecule has 0 aliphatic rings. The lowest BCUT2D eigenvalue weighted by atomic mass is 10.1. The van der Waals surface area contributed by atoms with Gasteiger partial charge >= 0.3 is 0 Å². The van der Waals surface area contributed by atoms with Crippen LogP contribution >= 0.6 is 0 Å². The van der Waals surface area contributed by atoms with Crippen LogP contribution in [0, 0.1) is 0 Å². The van der Waals surface area contributed by atoms with Crippen molar-refractivity contribution in [3.05, 3.63) is 29.8 Å². The molecule has 0 heterocycles. The van der Waals surface area contributed by atoms with Gasteiger partial charge in [-0.3, -0.25) is 0 Å². The largest absolute Gasteiger partial charge is 0.310 e. The van der Waals surface area contributed by atoms with Crippen molar-refractivity contribution >= 4 is 10.0 Å². The number of nitrogens with one attached hydrogen (secondary N) is 2. The van der Waals surface area contributed by atoms with Crippen molar-refractivity contribution in [3.63, 3.8) is 0 Å². The molecule has 0 aliphatic carbocycles. The molecule has 2 N–H and O–H groups in total. The topological polar surface area (TPSA) is 58.2 Å². The summed E-state index contributed by atoms with van der Waals surface area (Å²) in [6.45, 7) is 7.61. The minimum absolute atomic E-state index is 0.231. The van der Waals surface area contributed by atoms with Crippen LogP contribution in [-0.4, -0.2) is 21.5 Å². The van der Waals surface area contributed by atoms with Crippen molar-refractivity contribution in [3.8, 4) is 0 Å². The minimum atomic E-state index is -3.37. The third-order valence-corrected chi connectivity index (χ3v) is 4.75. The SMILES string of the molecule is CCCCCNS(=O)(=O)c1ccc(C(C)NCC)cc1. The van der Waals surface area contributed by atoms with E-state index in [1.807, 2.05) is 12.1 Å². The predicted molar refractivity (Wildman–Crippen MR) is 83.2 cm³/mol. The Labute approximate surface area is 123 Å². The fourth-order valence-electron chi connectivity index (χ4n) is 2.02. The quantitative estimate of drug-likeness (QED) is 0.689. The van der Waals surface area contributed by atoms with E-state index in [0.717, 1.165) is 31.4 Å². The van der Waals surface area contributed by atoms with E-state index in [4.69, 9.17) is 0 Å². The molecule has 0 aliphatic heterocycles. The normalized spacial score (nSPS) is 13.3. The zero-order valence-corrected chi connectivity index (χ0v) is 13.5. The molecule has 0 amide bonds. The maximum Gasteiger partial charge on any atom is 0.240 e. The van der Waals surface area contributed by atoms with Crippen LogP contribution in [0.4, 0.5) is 0 Å². The van der Waals surface area contributed by atoms with E-state index in [-0.39, 0.29) is 6.04 Å². The lowest BCUT2D eigenvalue weighted by molar-refractivity contribution is 0.575. The number of sulfonamides is 1. The summed E-state index contributed by atoms with van der Waals surface area (Å²) in [6, 6.07) is 7.31. The van der Waals surface area contributed by atoms with Crippen LogP contribution in [0.5, 0.6) is 0 Å². The average molecular weight is 298 g/mol.